The van der Waals surface area contributed by atoms with Crippen LogP contribution in [0.25, 0.3) is 22.0 Å². The molecule has 0 spiro atoms. The summed E-state index contributed by atoms with van der Waals surface area (Å²) in [5.74, 6) is 0.726. The molecule has 0 saturated carbocycles. The van der Waals surface area contributed by atoms with Gasteiger partial charge in [-0.2, -0.15) is 0 Å². The molecule has 1 aromatic carbocycles. The Morgan fingerprint density at radius 2 is 1.97 bits per heavy atom. The smallest absolute Gasteiger partial charge is 0.327 e. The fourth-order valence-corrected chi connectivity index (χ4v) is 4.88. The molecule has 3 aromatic heterocycles. The van der Waals surface area contributed by atoms with Crippen molar-refractivity contribution >= 4 is 34.0 Å². The van der Waals surface area contributed by atoms with Crippen LogP contribution >= 0.6 is 0 Å². The number of nitrogens with zero attached hydrogens (tertiary/aromatic N) is 5. The summed E-state index contributed by atoms with van der Waals surface area (Å²) in [4.78, 5) is 26.9. The number of fused-ring (bicyclic) bond motifs is 5. The third-order valence-electron chi connectivity index (χ3n) is 6.39. The average Bonchev–Trinajstić information content (AvgIpc) is 3.36. The van der Waals surface area contributed by atoms with Crippen LogP contribution in [0.5, 0.6) is 0 Å². The molecule has 2 bridgehead atoms. The molecule has 160 valence electrons. The van der Waals surface area contributed by atoms with Crippen LogP contribution < -0.4 is 15.1 Å². The van der Waals surface area contributed by atoms with Gasteiger partial charge in [0.1, 0.15) is 0 Å². The van der Waals surface area contributed by atoms with E-state index in [0.29, 0.717) is 0 Å². The highest BCUT2D eigenvalue weighted by Crippen LogP contribution is 2.40. The zero-order valence-electron chi connectivity index (χ0n) is 18.1. The van der Waals surface area contributed by atoms with E-state index in [9.17, 15) is 4.79 Å². The minimum absolute atomic E-state index is 0.116. The number of carbonyl (C=O) groups is 1. The first-order valence-electron chi connectivity index (χ1n) is 10.9. The van der Waals surface area contributed by atoms with Crippen molar-refractivity contribution in [3.63, 3.8) is 0 Å². The number of pyridine rings is 2. The Labute approximate surface area is 186 Å². The number of anilines is 3. The number of urea groups is 1. The quantitative estimate of drug-likeness (QED) is 0.512. The number of hydrogen-bond donors (Lipinski definition) is 1. The number of rotatable bonds is 2. The molecule has 32 heavy (non-hydrogen) atoms. The van der Waals surface area contributed by atoms with Crippen LogP contribution in [0.2, 0.25) is 0 Å². The van der Waals surface area contributed by atoms with Crippen molar-refractivity contribution in [2.75, 3.05) is 28.2 Å². The highest BCUT2D eigenvalue weighted by molar-refractivity contribution is 6.05. The third kappa shape index (κ3) is 3.09. The van der Waals surface area contributed by atoms with E-state index < -0.39 is 0 Å². The van der Waals surface area contributed by atoms with Gasteiger partial charge in [0.25, 0.3) is 0 Å². The van der Waals surface area contributed by atoms with Crippen LogP contribution in [0.15, 0.2) is 61.1 Å². The average molecular weight is 425 g/mol. The van der Waals surface area contributed by atoms with Crippen LogP contribution in [0.3, 0.4) is 0 Å². The SMILES string of the molecule is Cc1cc(-c2ccc3c(n2)N(C(=O)Nc2ccc4cn(C)cc4c2)[C@H]2CCN3C2)ccn1. The van der Waals surface area contributed by atoms with E-state index in [4.69, 9.17) is 4.98 Å². The molecule has 0 radical (unpaired) electrons. The number of carbonyl (C=O) groups excluding carboxylic acids is 1. The zero-order chi connectivity index (χ0) is 21.8. The fraction of sp³-hybridized carbons (Fsp3) is 0.240. The highest BCUT2D eigenvalue weighted by atomic mass is 16.2. The lowest BCUT2D eigenvalue weighted by molar-refractivity contribution is 0.255. The molecule has 1 atom stereocenters. The van der Waals surface area contributed by atoms with E-state index in [-0.39, 0.29) is 12.1 Å². The first-order chi connectivity index (χ1) is 15.5. The van der Waals surface area contributed by atoms with Crippen molar-refractivity contribution in [2.24, 2.45) is 7.05 Å². The van der Waals surface area contributed by atoms with Crippen molar-refractivity contribution in [3.05, 3.63) is 66.7 Å². The third-order valence-corrected chi connectivity index (χ3v) is 6.39. The molecule has 7 nitrogen and oxygen atoms in total. The minimum atomic E-state index is -0.136. The first-order valence-corrected chi connectivity index (χ1v) is 10.9. The van der Waals surface area contributed by atoms with E-state index in [1.807, 2.05) is 59.8 Å². The molecule has 5 heterocycles. The fourth-order valence-electron chi connectivity index (χ4n) is 4.88. The lowest BCUT2D eigenvalue weighted by atomic mass is 10.1. The summed E-state index contributed by atoms with van der Waals surface area (Å²) >= 11 is 0. The maximum atomic E-state index is 13.5. The number of aryl methyl sites for hydroxylation is 2. The number of nitrogens with one attached hydrogen (secondary N) is 1. The Bertz CT molecular complexity index is 1360. The van der Waals surface area contributed by atoms with E-state index in [2.05, 4.69) is 33.7 Å². The molecule has 4 aromatic rings. The molecule has 2 aliphatic rings. The molecule has 0 aliphatic carbocycles. The molecule has 6 rings (SSSR count). The van der Waals surface area contributed by atoms with E-state index in [0.717, 1.165) is 64.4 Å². The van der Waals surface area contributed by atoms with Crippen molar-refractivity contribution in [2.45, 2.75) is 19.4 Å². The Balaban J connectivity index is 1.37. The minimum Gasteiger partial charge on any atom is -0.366 e. The number of aromatic nitrogens is 3. The maximum Gasteiger partial charge on any atom is 0.327 e. The van der Waals surface area contributed by atoms with Crippen LogP contribution in [0.4, 0.5) is 22.0 Å². The van der Waals surface area contributed by atoms with Crippen LogP contribution in [0, 0.1) is 6.92 Å². The van der Waals surface area contributed by atoms with Gasteiger partial charge >= 0.3 is 6.03 Å². The molecule has 7 heteroatoms. The van der Waals surface area contributed by atoms with Crippen molar-refractivity contribution in [1.82, 2.24) is 14.5 Å². The Hall–Kier alpha value is -3.87. The van der Waals surface area contributed by atoms with Gasteiger partial charge in [-0.15, -0.1) is 0 Å². The summed E-state index contributed by atoms with van der Waals surface area (Å²) in [5, 5.41) is 5.37. The maximum absolute atomic E-state index is 13.5. The van der Waals surface area contributed by atoms with Gasteiger partial charge in [-0.1, -0.05) is 6.07 Å². The highest BCUT2D eigenvalue weighted by Gasteiger charge is 2.40. The van der Waals surface area contributed by atoms with Crippen molar-refractivity contribution in [1.29, 1.82) is 0 Å². The lowest BCUT2D eigenvalue weighted by Gasteiger charge is -2.36. The Kier molecular flexibility index (Phi) is 4.18. The summed E-state index contributed by atoms with van der Waals surface area (Å²) in [6, 6.07) is 14.1. The standard InChI is InChI=1S/C25H24N6O/c1-16-11-17(7-9-26-16)22-5-6-23-24(28-22)31(21-8-10-30(23)15-21)25(32)27-20-4-3-18-13-29(2)14-19(18)12-20/h3-7,9,11-14,21H,8,10,15H2,1-2H3,(H,27,32)/t21-/m0/s1. The lowest BCUT2D eigenvalue weighted by Crippen LogP contribution is -2.48. The largest absolute Gasteiger partial charge is 0.366 e. The predicted octanol–water partition coefficient (Wildman–Crippen LogP) is 4.57. The van der Waals surface area contributed by atoms with E-state index in [1.54, 1.807) is 6.20 Å². The van der Waals surface area contributed by atoms with Gasteiger partial charge in [0, 0.05) is 61.1 Å². The predicted molar refractivity (Wildman–Crippen MR) is 127 cm³/mol. The van der Waals surface area contributed by atoms with Gasteiger partial charge in [-0.25, -0.2) is 9.78 Å². The second-order valence-corrected chi connectivity index (χ2v) is 8.68. The monoisotopic (exact) mass is 424 g/mol. The van der Waals surface area contributed by atoms with Gasteiger partial charge in [-0.3, -0.25) is 9.88 Å². The number of amides is 2. The van der Waals surface area contributed by atoms with Crippen LogP contribution in [0.1, 0.15) is 12.1 Å². The molecule has 2 aliphatic heterocycles. The molecule has 1 saturated heterocycles. The molecular formula is C25H24N6O. The van der Waals surface area contributed by atoms with Crippen molar-refractivity contribution in [3.8, 4) is 11.3 Å². The molecule has 1 fully saturated rings. The molecule has 1 N–H and O–H groups in total. The Morgan fingerprint density at radius 3 is 2.84 bits per heavy atom. The van der Waals surface area contributed by atoms with Gasteiger partial charge in [0.15, 0.2) is 5.82 Å². The summed E-state index contributed by atoms with van der Waals surface area (Å²) in [7, 11) is 2.00. The van der Waals surface area contributed by atoms with Crippen LogP contribution in [-0.4, -0.2) is 39.7 Å². The summed E-state index contributed by atoms with van der Waals surface area (Å²) in [6.45, 7) is 3.75. The molecule has 2 amide bonds. The Morgan fingerprint density at radius 1 is 1.09 bits per heavy atom. The number of benzene rings is 1. The topological polar surface area (TPSA) is 66.3 Å². The van der Waals surface area contributed by atoms with Gasteiger partial charge in [0.2, 0.25) is 0 Å². The summed E-state index contributed by atoms with van der Waals surface area (Å²) in [5.41, 5.74) is 4.60. The van der Waals surface area contributed by atoms with E-state index >= 15 is 0 Å². The normalized spacial score (nSPS) is 17.0. The number of hydrogen-bond acceptors (Lipinski definition) is 4. The van der Waals surface area contributed by atoms with E-state index in [1.165, 1.54) is 0 Å². The van der Waals surface area contributed by atoms with Gasteiger partial charge in [-0.05, 0) is 55.1 Å². The van der Waals surface area contributed by atoms with Crippen LogP contribution in [-0.2, 0) is 7.05 Å². The first kappa shape index (κ1) is 18.9. The van der Waals surface area contributed by atoms with Gasteiger partial charge in [0.05, 0.1) is 17.4 Å². The zero-order valence-corrected chi connectivity index (χ0v) is 18.1. The van der Waals surface area contributed by atoms with Gasteiger partial charge < -0.3 is 14.8 Å². The van der Waals surface area contributed by atoms with Crippen molar-refractivity contribution < 1.29 is 4.79 Å². The molecule has 0 unspecified atom stereocenters. The second-order valence-electron chi connectivity index (χ2n) is 8.68. The summed E-state index contributed by atoms with van der Waals surface area (Å²) in [6.07, 6.45) is 6.86. The molecular weight excluding hydrogens is 400 g/mol. The summed E-state index contributed by atoms with van der Waals surface area (Å²) < 4.78 is 2.02. The second kappa shape index (κ2) is 7.09.